The Morgan fingerprint density at radius 3 is 2.59 bits per heavy atom. The number of carbonyl (C=O) groups is 1. The summed E-state index contributed by atoms with van der Waals surface area (Å²) in [6.45, 7) is 5.97. The number of urea groups is 1. The lowest BCUT2D eigenvalue weighted by Gasteiger charge is -2.35. The van der Waals surface area contributed by atoms with Crippen molar-refractivity contribution >= 4 is 11.7 Å². The summed E-state index contributed by atoms with van der Waals surface area (Å²) in [4.78, 5) is 21.9. The molecule has 0 radical (unpaired) electrons. The molecule has 4 rings (SSSR count). The minimum absolute atomic E-state index is 0.0194. The molecule has 1 N–H and O–H groups in total. The number of hydrogen-bond acceptors (Lipinski definition) is 3. The van der Waals surface area contributed by atoms with Gasteiger partial charge in [0, 0.05) is 36.8 Å². The zero-order valence-electron chi connectivity index (χ0n) is 17.8. The van der Waals surface area contributed by atoms with Crippen molar-refractivity contribution in [3.05, 3.63) is 59.9 Å². The Bertz CT molecular complexity index is 843. The number of fused-ring (bicyclic) bond motifs is 1. The summed E-state index contributed by atoms with van der Waals surface area (Å²) < 4.78 is 0. The summed E-state index contributed by atoms with van der Waals surface area (Å²) in [5, 5.41) is 3.29. The molecule has 1 fully saturated rings. The second kappa shape index (κ2) is 8.15. The van der Waals surface area contributed by atoms with Crippen LogP contribution < -0.4 is 10.2 Å². The van der Waals surface area contributed by atoms with Gasteiger partial charge in [0.25, 0.3) is 0 Å². The highest BCUT2D eigenvalue weighted by Crippen LogP contribution is 2.38. The summed E-state index contributed by atoms with van der Waals surface area (Å²) in [7, 11) is 2.22. The first kappa shape index (κ1) is 19.9. The molecule has 154 valence electrons. The highest BCUT2D eigenvalue weighted by atomic mass is 16.2. The third kappa shape index (κ3) is 4.30. The van der Waals surface area contributed by atoms with Gasteiger partial charge in [0.1, 0.15) is 0 Å². The van der Waals surface area contributed by atoms with Crippen LogP contribution in [0.2, 0.25) is 0 Å². The van der Waals surface area contributed by atoms with Crippen molar-refractivity contribution in [1.29, 1.82) is 0 Å². The maximum Gasteiger partial charge on any atom is 0.322 e. The van der Waals surface area contributed by atoms with Crippen molar-refractivity contribution in [2.75, 3.05) is 18.5 Å². The van der Waals surface area contributed by atoms with E-state index in [1.54, 1.807) is 0 Å². The first-order valence-corrected chi connectivity index (χ1v) is 10.7. The van der Waals surface area contributed by atoms with Gasteiger partial charge >= 0.3 is 6.03 Å². The molecule has 1 aromatic carbocycles. The first-order chi connectivity index (χ1) is 13.9. The predicted octanol–water partition coefficient (Wildman–Crippen LogP) is 4.33. The summed E-state index contributed by atoms with van der Waals surface area (Å²) in [5.74, 6) is 0. The van der Waals surface area contributed by atoms with Crippen LogP contribution >= 0.6 is 0 Å². The second-order valence-corrected chi connectivity index (χ2v) is 9.20. The number of carbonyl (C=O) groups excluding carboxylic acids is 1. The minimum Gasteiger partial charge on any atom is -0.335 e. The maximum absolute atomic E-state index is 13.0. The number of amides is 2. The van der Waals surface area contributed by atoms with E-state index in [0.717, 1.165) is 43.6 Å². The van der Waals surface area contributed by atoms with Gasteiger partial charge in [-0.2, -0.15) is 0 Å². The van der Waals surface area contributed by atoms with Crippen LogP contribution in [0.4, 0.5) is 10.5 Å². The molecule has 0 unspecified atom stereocenters. The highest BCUT2D eigenvalue weighted by molar-refractivity contribution is 5.94. The van der Waals surface area contributed by atoms with Crippen molar-refractivity contribution in [2.45, 2.75) is 63.6 Å². The minimum atomic E-state index is -0.105. The Hall–Kier alpha value is -2.40. The molecule has 2 aromatic rings. The number of nitrogens with zero attached hydrogens (tertiary/aromatic N) is 3. The Kier molecular flexibility index (Phi) is 5.59. The highest BCUT2D eigenvalue weighted by Gasteiger charge is 2.39. The maximum atomic E-state index is 13.0. The first-order valence-electron chi connectivity index (χ1n) is 10.7. The molecule has 0 spiro atoms. The number of benzene rings is 1. The van der Waals surface area contributed by atoms with Gasteiger partial charge in [-0.25, -0.2) is 4.79 Å². The third-order valence-electron chi connectivity index (χ3n) is 6.44. The lowest BCUT2D eigenvalue weighted by Crippen LogP contribution is -2.48. The SMILES string of the molecule is CN(Cc1ccccc1)C1CCC(NC(=O)N2CC(C)(C)c3ncccc32)CC1. The monoisotopic (exact) mass is 392 g/mol. The molecule has 0 bridgehead atoms. The largest absolute Gasteiger partial charge is 0.335 e. The van der Waals surface area contributed by atoms with Gasteiger partial charge in [-0.3, -0.25) is 14.8 Å². The van der Waals surface area contributed by atoms with Gasteiger partial charge in [0.15, 0.2) is 0 Å². The van der Waals surface area contributed by atoms with Gasteiger partial charge in [-0.05, 0) is 50.4 Å². The molecular weight excluding hydrogens is 360 g/mol. The third-order valence-corrected chi connectivity index (χ3v) is 6.44. The Morgan fingerprint density at radius 1 is 1.14 bits per heavy atom. The van der Waals surface area contributed by atoms with Crippen LogP contribution in [0.5, 0.6) is 0 Å². The normalized spacial score (nSPS) is 23.1. The number of rotatable bonds is 4. The molecule has 0 atom stereocenters. The zero-order chi connectivity index (χ0) is 20.4. The standard InChI is InChI=1S/C24H32N4O/c1-24(2)17-28(21-10-7-15-25-22(21)24)23(29)26-19-11-13-20(14-12-19)27(3)16-18-8-5-4-6-9-18/h4-10,15,19-20H,11-14,16-17H2,1-3H3,(H,26,29). The molecule has 1 saturated carbocycles. The number of hydrogen-bond donors (Lipinski definition) is 1. The van der Waals surface area contributed by atoms with Gasteiger partial charge in [0.2, 0.25) is 0 Å². The Morgan fingerprint density at radius 2 is 1.86 bits per heavy atom. The van der Waals surface area contributed by atoms with Gasteiger partial charge in [-0.15, -0.1) is 0 Å². The fraction of sp³-hybridized carbons (Fsp3) is 0.500. The van der Waals surface area contributed by atoms with E-state index in [0.29, 0.717) is 12.6 Å². The van der Waals surface area contributed by atoms with Crippen LogP contribution in [-0.2, 0) is 12.0 Å². The summed E-state index contributed by atoms with van der Waals surface area (Å²) >= 11 is 0. The quantitative estimate of drug-likeness (QED) is 0.842. The molecular formula is C24H32N4O. The molecule has 0 saturated heterocycles. The van der Waals surface area contributed by atoms with Crippen molar-refractivity contribution in [3.8, 4) is 0 Å². The number of pyridine rings is 1. The molecule has 5 heteroatoms. The van der Waals surface area contributed by atoms with Crippen LogP contribution in [0.3, 0.4) is 0 Å². The van der Waals surface area contributed by atoms with Crippen LogP contribution in [-0.4, -0.2) is 41.6 Å². The van der Waals surface area contributed by atoms with E-state index in [1.165, 1.54) is 5.56 Å². The van der Waals surface area contributed by atoms with E-state index in [2.05, 4.69) is 66.4 Å². The van der Waals surface area contributed by atoms with E-state index in [4.69, 9.17) is 0 Å². The number of aromatic nitrogens is 1. The lowest BCUT2D eigenvalue weighted by atomic mass is 9.90. The summed E-state index contributed by atoms with van der Waals surface area (Å²) in [6, 6.07) is 15.4. The van der Waals surface area contributed by atoms with E-state index < -0.39 is 0 Å². The van der Waals surface area contributed by atoms with Gasteiger partial charge in [0.05, 0.1) is 11.4 Å². The fourth-order valence-electron chi connectivity index (χ4n) is 4.79. The molecule has 1 aliphatic heterocycles. The van der Waals surface area contributed by atoms with Crippen LogP contribution in [0.1, 0.15) is 50.8 Å². The molecule has 1 aliphatic carbocycles. The molecule has 1 aromatic heterocycles. The topological polar surface area (TPSA) is 48.5 Å². The lowest BCUT2D eigenvalue weighted by molar-refractivity contribution is 0.168. The van der Waals surface area contributed by atoms with E-state index >= 15 is 0 Å². The molecule has 2 heterocycles. The molecule has 2 amide bonds. The summed E-state index contributed by atoms with van der Waals surface area (Å²) in [6.07, 6.45) is 6.13. The zero-order valence-corrected chi connectivity index (χ0v) is 17.8. The average Bonchev–Trinajstić information content (AvgIpc) is 3.01. The van der Waals surface area contributed by atoms with E-state index in [1.807, 2.05) is 23.2 Å². The van der Waals surface area contributed by atoms with E-state index in [-0.39, 0.29) is 17.5 Å². The van der Waals surface area contributed by atoms with Crippen molar-refractivity contribution in [2.24, 2.45) is 0 Å². The second-order valence-electron chi connectivity index (χ2n) is 9.20. The van der Waals surface area contributed by atoms with Crippen LogP contribution in [0, 0.1) is 0 Å². The summed E-state index contributed by atoms with van der Waals surface area (Å²) in [5.41, 5.74) is 3.22. The molecule has 29 heavy (non-hydrogen) atoms. The van der Waals surface area contributed by atoms with Crippen LogP contribution in [0.25, 0.3) is 0 Å². The Labute approximate surface area is 174 Å². The van der Waals surface area contributed by atoms with Crippen LogP contribution in [0.15, 0.2) is 48.7 Å². The smallest absolute Gasteiger partial charge is 0.322 e. The molecule has 5 nitrogen and oxygen atoms in total. The average molecular weight is 393 g/mol. The van der Waals surface area contributed by atoms with Crippen molar-refractivity contribution < 1.29 is 4.79 Å². The van der Waals surface area contributed by atoms with E-state index in [9.17, 15) is 4.79 Å². The van der Waals surface area contributed by atoms with Crippen molar-refractivity contribution in [3.63, 3.8) is 0 Å². The van der Waals surface area contributed by atoms with Gasteiger partial charge < -0.3 is 5.32 Å². The predicted molar refractivity (Wildman–Crippen MR) is 117 cm³/mol. The fourth-order valence-corrected chi connectivity index (χ4v) is 4.79. The molecule has 2 aliphatic rings. The van der Waals surface area contributed by atoms with Gasteiger partial charge in [-0.1, -0.05) is 44.2 Å². The number of nitrogens with one attached hydrogen (secondary N) is 1. The Balaban J connectivity index is 1.30. The van der Waals surface area contributed by atoms with Crippen molar-refractivity contribution in [1.82, 2.24) is 15.2 Å². The number of anilines is 1.